The van der Waals surface area contributed by atoms with Crippen LogP contribution in [0.1, 0.15) is 56.0 Å². The molecular formula is C26H35N5O4S. The number of aromatic amines is 1. The van der Waals surface area contributed by atoms with Crippen LogP contribution in [-0.2, 0) is 16.4 Å². The first-order valence-corrected chi connectivity index (χ1v) is 14.2. The van der Waals surface area contributed by atoms with Crippen LogP contribution in [0.3, 0.4) is 0 Å². The van der Waals surface area contributed by atoms with E-state index in [0.29, 0.717) is 42.4 Å². The lowest BCUT2D eigenvalue weighted by atomic mass is 10.1. The molecule has 1 aliphatic heterocycles. The van der Waals surface area contributed by atoms with Gasteiger partial charge < -0.3 is 14.4 Å². The van der Waals surface area contributed by atoms with Crippen LogP contribution in [0.15, 0.2) is 54.6 Å². The third kappa shape index (κ3) is 7.05. The fourth-order valence-corrected chi connectivity index (χ4v) is 5.52. The van der Waals surface area contributed by atoms with E-state index in [9.17, 15) is 8.42 Å². The van der Waals surface area contributed by atoms with Crippen molar-refractivity contribution in [1.82, 2.24) is 24.8 Å². The third-order valence-electron chi connectivity index (χ3n) is 6.31. The normalized spacial score (nSPS) is 16.2. The zero-order valence-electron chi connectivity index (χ0n) is 20.9. The minimum atomic E-state index is -3.53. The van der Waals surface area contributed by atoms with E-state index < -0.39 is 22.2 Å². The molecule has 0 spiro atoms. The summed E-state index contributed by atoms with van der Waals surface area (Å²) in [4.78, 5) is 6.85. The molecule has 0 radical (unpaired) electrons. The summed E-state index contributed by atoms with van der Waals surface area (Å²) in [7, 11) is -3.53. The minimum Gasteiger partial charge on any atom is -0.485 e. The number of sulfonamides is 1. The first-order chi connectivity index (χ1) is 17.5. The predicted molar refractivity (Wildman–Crippen MR) is 139 cm³/mol. The number of nitrogens with zero attached hydrogens (tertiary/aromatic N) is 3. The molecule has 9 nitrogen and oxygen atoms in total. The van der Waals surface area contributed by atoms with E-state index >= 15 is 0 Å². The molecule has 4 rings (SSSR count). The molecule has 2 aromatic carbocycles. The number of fused-ring (bicyclic) bond motifs is 1. The fourth-order valence-electron chi connectivity index (χ4n) is 4.23. The van der Waals surface area contributed by atoms with E-state index in [1.807, 2.05) is 54.6 Å². The van der Waals surface area contributed by atoms with Gasteiger partial charge in [-0.2, -0.15) is 5.10 Å². The first kappa shape index (κ1) is 26.1. The monoisotopic (exact) mass is 513 g/mol. The van der Waals surface area contributed by atoms with Crippen molar-refractivity contribution in [2.24, 2.45) is 0 Å². The number of aryl methyl sites for hydroxylation is 1. The Kier molecular flexibility index (Phi) is 8.95. The molecule has 0 fully saturated rings. The molecule has 3 aromatic rings. The first-order valence-electron chi connectivity index (χ1n) is 12.5. The average molecular weight is 514 g/mol. The number of H-pyrrole nitrogens is 1. The number of aromatic nitrogens is 3. The van der Waals surface area contributed by atoms with E-state index in [1.165, 1.54) is 0 Å². The van der Waals surface area contributed by atoms with Crippen LogP contribution in [0.4, 0.5) is 0 Å². The molecule has 0 bridgehead atoms. The summed E-state index contributed by atoms with van der Waals surface area (Å²) < 4.78 is 40.7. The predicted octanol–water partition coefficient (Wildman–Crippen LogP) is 3.64. The number of hydrogen-bond donors (Lipinski definition) is 2. The lowest BCUT2D eigenvalue weighted by Crippen LogP contribution is -2.33. The molecule has 0 amide bonds. The van der Waals surface area contributed by atoms with Gasteiger partial charge in [0.25, 0.3) is 0 Å². The van der Waals surface area contributed by atoms with E-state index in [0.717, 1.165) is 25.2 Å². The van der Waals surface area contributed by atoms with Crippen LogP contribution >= 0.6 is 0 Å². The summed E-state index contributed by atoms with van der Waals surface area (Å²) in [6.45, 7) is 7.00. The highest BCUT2D eigenvalue weighted by Crippen LogP contribution is 2.35. The van der Waals surface area contributed by atoms with Crippen molar-refractivity contribution in [3.05, 3.63) is 71.8 Å². The van der Waals surface area contributed by atoms with Gasteiger partial charge in [-0.05, 0) is 56.6 Å². The number of para-hydroxylation sites is 2. The van der Waals surface area contributed by atoms with E-state index in [1.54, 1.807) is 0 Å². The number of ether oxygens (including phenoxy) is 2. The number of nitrogens with one attached hydrogen (secondary N) is 2. The Morgan fingerprint density at radius 1 is 1.08 bits per heavy atom. The summed E-state index contributed by atoms with van der Waals surface area (Å²) in [6.07, 6.45) is 1.32. The average Bonchev–Trinajstić information content (AvgIpc) is 3.40. The molecule has 2 N–H and O–H groups in total. The van der Waals surface area contributed by atoms with Crippen LogP contribution in [0.5, 0.6) is 11.5 Å². The van der Waals surface area contributed by atoms with Crippen molar-refractivity contribution in [1.29, 1.82) is 0 Å². The molecule has 1 aromatic heterocycles. The van der Waals surface area contributed by atoms with Crippen LogP contribution in [-0.4, -0.2) is 60.5 Å². The van der Waals surface area contributed by atoms with Crippen LogP contribution in [0.2, 0.25) is 0 Å². The molecule has 36 heavy (non-hydrogen) atoms. The van der Waals surface area contributed by atoms with Crippen molar-refractivity contribution in [3.8, 4) is 11.5 Å². The van der Waals surface area contributed by atoms with Gasteiger partial charge in [0.2, 0.25) is 10.0 Å². The summed E-state index contributed by atoms with van der Waals surface area (Å²) in [5, 5.41) is 7.31. The zero-order chi connectivity index (χ0) is 25.4. The summed E-state index contributed by atoms with van der Waals surface area (Å²) >= 11 is 0. The molecule has 0 saturated carbocycles. The standard InChI is InChI=1S/C26H35N5O4S/c1-3-31(4-2)17-10-18-36(32,33)30-21(16-15-20-11-6-5-7-12-20)25-27-26(29-28-25)24-19-34-22-13-8-9-14-23(22)35-24/h5-9,11-14,21,24,30H,3-4,10,15-19H2,1-2H3,(H,27,28,29)/t21-,24?/m1/s1. The van der Waals surface area contributed by atoms with Gasteiger partial charge >= 0.3 is 0 Å². The Labute approximate surface area is 213 Å². The quantitative estimate of drug-likeness (QED) is 0.359. The summed E-state index contributed by atoms with van der Waals surface area (Å²) in [5.41, 5.74) is 1.12. The Hall–Kier alpha value is -2.95. The molecule has 1 unspecified atom stereocenters. The van der Waals surface area contributed by atoms with Gasteiger partial charge in [0.05, 0.1) is 11.8 Å². The van der Waals surface area contributed by atoms with Crippen LogP contribution in [0.25, 0.3) is 0 Å². The lowest BCUT2D eigenvalue weighted by molar-refractivity contribution is 0.0852. The maximum absolute atomic E-state index is 13.0. The molecule has 1 aliphatic rings. The van der Waals surface area contributed by atoms with Gasteiger partial charge in [-0.15, -0.1) is 0 Å². The van der Waals surface area contributed by atoms with Crippen molar-refractivity contribution >= 4 is 10.0 Å². The van der Waals surface area contributed by atoms with Gasteiger partial charge in [0, 0.05) is 0 Å². The minimum absolute atomic E-state index is 0.0545. The second kappa shape index (κ2) is 12.3. The van der Waals surface area contributed by atoms with Crippen LogP contribution in [0, 0.1) is 0 Å². The van der Waals surface area contributed by atoms with Crippen molar-refractivity contribution in [2.45, 2.75) is 45.3 Å². The Balaban J connectivity index is 1.46. The molecule has 194 valence electrons. The van der Waals surface area contributed by atoms with Gasteiger partial charge in [0.1, 0.15) is 6.61 Å². The topological polar surface area (TPSA) is 109 Å². The highest BCUT2D eigenvalue weighted by atomic mass is 32.2. The Morgan fingerprint density at radius 3 is 2.56 bits per heavy atom. The highest BCUT2D eigenvalue weighted by molar-refractivity contribution is 7.89. The van der Waals surface area contributed by atoms with Gasteiger partial charge in [-0.1, -0.05) is 56.3 Å². The Morgan fingerprint density at radius 2 is 1.81 bits per heavy atom. The molecule has 0 saturated heterocycles. The van der Waals surface area contributed by atoms with Crippen molar-refractivity contribution in [2.75, 3.05) is 32.0 Å². The molecule has 10 heteroatoms. The van der Waals surface area contributed by atoms with Gasteiger partial charge in [-0.3, -0.25) is 5.10 Å². The molecule has 2 atom stereocenters. The number of hydrogen-bond acceptors (Lipinski definition) is 7. The molecule has 2 heterocycles. The van der Waals surface area contributed by atoms with E-state index in [-0.39, 0.29) is 12.4 Å². The van der Waals surface area contributed by atoms with Crippen molar-refractivity contribution in [3.63, 3.8) is 0 Å². The number of rotatable bonds is 13. The zero-order valence-corrected chi connectivity index (χ0v) is 21.7. The Bertz CT molecular complexity index is 1200. The molecule has 0 aliphatic carbocycles. The van der Waals surface area contributed by atoms with Gasteiger partial charge in [0.15, 0.2) is 29.3 Å². The second-order valence-electron chi connectivity index (χ2n) is 8.84. The maximum Gasteiger partial charge on any atom is 0.212 e. The van der Waals surface area contributed by atoms with Crippen molar-refractivity contribution < 1.29 is 17.9 Å². The van der Waals surface area contributed by atoms with E-state index in [4.69, 9.17) is 9.47 Å². The molecular weight excluding hydrogens is 478 g/mol. The number of benzene rings is 2. The lowest BCUT2D eigenvalue weighted by Gasteiger charge is -2.24. The summed E-state index contributed by atoms with van der Waals surface area (Å²) in [6, 6.07) is 16.9. The maximum atomic E-state index is 13.0. The largest absolute Gasteiger partial charge is 0.485 e. The highest BCUT2D eigenvalue weighted by Gasteiger charge is 2.28. The fraction of sp³-hybridized carbons (Fsp3) is 0.462. The summed E-state index contributed by atoms with van der Waals surface area (Å²) in [5.74, 6) is 2.28. The smallest absolute Gasteiger partial charge is 0.212 e. The SMILES string of the molecule is CCN(CC)CCCS(=O)(=O)N[C@H](CCc1ccccc1)c1n[nH]c(C2COc3ccccc3O2)n1. The van der Waals surface area contributed by atoms with Gasteiger partial charge in [-0.25, -0.2) is 18.1 Å². The van der Waals surface area contributed by atoms with Crippen LogP contribution < -0.4 is 14.2 Å². The second-order valence-corrected chi connectivity index (χ2v) is 10.7. The third-order valence-corrected chi connectivity index (χ3v) is 7.78. The van der Waals surface area contributed by atoms with E-state index in [2.05, 4.69) is 38.7 Å².